The highest BCUT2D eigenvalue weighted by Gasteiger charge is 2.49. The number of halogens is 4. The topological polar surface area (TPSA) is 100 Å². The summed E-state index contributed by atoms with van der Waals surface area (Å²) in [5, 5.41) is 0.937. The molecule has 14 heteroatoms. The number of ether oxygens (including phenoxy) is 1. The molecule has 272 valence electrons. The number of anilines is 1. The molecule has 8 rings (SSSR count). The van der Waals surface area contributed by atoms with Gasteiger partial charge < -0.3 is 14.5 Å². The summed E-state index contributed by atoms with van der Waals surface area (Å²) in [5.74, 6) is -1.19. The van der Waals surface area contributed by atoms with Crippen molar-refractivity contribution in [3.05, 3.63) is 69.9 Å². The molecule has 3 saturated heterocycles. The number of hydrogen-bond donors (Lipinski definition) is 0. The van der Waals surface area contributed by atoms with Crippen LogP contribution in [0.15, 0.2) is 36.3 Å². The summed E-state index contributed by atoms with van der Waals surface area (Å²) < 4.78 is 52.9. The van der Waals surface area contributed by atoms with Crippen molar-refractivity contribution in [1.82, 2.24) is 34.7 Å². The lowest BCUT2D eigenvalue weighted by atomic mass is 9.95. The largest absolute Gasteiger partial charge is 0.461 e. The van der Waals surface area contributed by atoms with Gasteiger partial charge in [0.25, 0.3) is 5.91 Å². The molecule has 1 aliphatic carbocycles. The molecule has 0 N–H and O–H groups in total. The number of pyridine rings is 1. The quantitative estimate of drug-likeness (QED) is 0.173. The first-order chi connectivity index (χ1) is 25.0. The molecule has 3 atom stereocenters. The monoisotopic (exact) mass is 732 g/mol. The number of hydrogen-bond acceptors (Lipinski definition) is 9. The molecule has 0 bridgehead atoms. The van der Waals surface area contributed by atoms with E-state index in [0.717, 1.165) is 43.9 Å². The molecule has 3 aromatic heterocycles. The van der Waals surface area contributed by atoms with Gasteiger partial charge in [0, 0.05) is 67.7 Å². The van der Waals surface area contributed by atoms with Crippen LogP contribution >= 0.6 is 11.6 Å². The molecular weight excluding hydrogens is 693 g/mol. The van der Waals surface area contributed by atoms with Crippen molar-refractivity contribution in [1.29, 1.82) is 0 Å². The zero-order valence-electron chi connectivity index (χ0n) is 29.4. The molecular formula is C38H40ClF3N8O2. The van der Waals surface area contributed by atoms with Crippen LogP contribution in [0.25, 0.3) is 28.2 Å². The van der Waals surface area contributed by atoms with Gasteiger partial charge in [-0.25, -0.2) is 23.1 Å². The summed E-state index contributed by atoms with van der Waals surface area (Å²) in [5.41, 5.74) is 2.20. The number of rotatable bonds is 9. The van der Waals surface area contributed by atoms with Gasteiger partial charge in [0.1, 0.15) is 35.6 Å². The van der Waals surface area contributed by atoms with Crippen LogP contribution in [0.1, 0.15) is 67.2 Å². The van der Waals surface area contributed by atoms with E-state index in [1.54, 1.807) is 39.2 Å². The minimum atomic E-state index is -0.936. The second-order valence-corrected chi connectivity index (χ2v) is 15.0. The number of carbonyl (C=O) groups excluding carboxylic acids is 1. The van der Waals surface area contributed by atoms with E-state index in [1.807, 2.05) is 17.0 Å². The number of nitrogens with zero attached hydrogens (tertiary/aromatic N) is 8. The minimum Gasteiger partial charge on any atom is -0.461 e. The van der Waals surface area contributed by atoms with Crippen molar-refractivity contribution in [3.8, 4) is 17.3 Å². The van der Waals surface area contributed by atoms with Gasteiger partial charge in [-0.15, -0.1) is 0 Å². The molecule has 0 radical (unpaired) electrons. The molecule has 6 heterocycles. The molecule has 1 aromatic carbocycles. The number of benzene rings is 1. The fraction of sp³-hybridized carbons (Fsp3) is 0.474. The Balaban J connectivity index is 1.12. The second-order valence-electron chi connectivity index (χ2n) is 14.6. The third-order valence-electron chi connectivity index (χ3n) is 11.0. The first-order valence-corrected chi connectivity index (χ1v) is 18.3. The SMILES string of the molecule is Cc1cc(/C=C(\F)C(=O)N2CC[C@@H](N(C)c3nc(OC[C@@]45CCCN4C[C@H](F)C5)nc4c(F)c(-c5cccc(Cl)c5C5CC5)ncc34)C2)nc(C)n1. The Morgan fingerprint density at radius 1 is 1.13 bits per heavy atom. The standard InChI is InChI=1S/C38H40ClF3N8O2/c1-21-14-25(45-22(2)44-21)15-30(41)36(51)49-13-10-26(19-49)48(3)35-28-17-43-33(27-6-4-7-29(39)31(27)23-8-9-23)32(42)34(28)46-37(47-35)52-20-38-11-5-12-50(38)18-24(40)16-38/h4,6-7,14-15,17,23-24,26H,5,8-13,16,18-20H2,1-3H3/b30-15-/t24-,26-,38+/m1/s1. The van der Waals surface area contributed by atoms with E-state index < -0.39 is 29.3 Å². The smallest absolute Gasteiger partial charge is 0.319 e. The maximum Gasteiger partial charge on any atom is 0.319 e. The maximum absolute atomic E-state index is 16.8. The Morgan fingerprint density at radius 2 is 1.96 bits per heavy atom. The van der Waals surface area contributed by atoms with Crippen molar-refractivity contribution < 1.29 is 22.7 Å². The van der Waals surface area contributed by atoms with E-state index in [0.29, 0.717) is 64.9 Å². The van der Waals surface area contributed by atoms with Crippen molar-refractivity contribution in [2.24, 2.45) is 0 Å². The number of alkyl halides is 1. The van der Waals surface area contributed by atoms with E-state index in [4.69, 9.17) is 21.3 Å². The average molecular weight is 733 g/mol. The highest BCUT2D eigenvalue weighted by molar-refractivity contribution is 6.32. The van der Waals surface area contributed by atoms with E-state index in [1.165, 1.54) is 4.90 Å². The number of aromatic nitrogens is 5. The van der Waals surface area contributed by atoms with Crippen LogP contribution in [0.2, 0.25) is 5.02 Å². The molecule has 0 unspecified atom stereocenters. The van der Waals surface area contributed by atoms with E-state index >= 15 is 8.78 Å². The van der Waals surface area contributed by atoms with Gasteiger partial charge >= 0.3 is 6.01 Å². The molecule has 4 aliphatic rings. The molecule has 1 amide bonds. The third-order valence-corrected chi connectivity index (χ3v) is 11.3. The van der Waals surface area contributed by atoms with Crippen LogP contribution in [-0.2, 0) is 4.79 Å². The van der Waals surface area contributed by atoms with Crippen LogP contribution in [0.4, 0.5) is 19.0 Å². The average Bonchev–Trinajstić information content (AvgIpc) is 3.54. The maximum atomic E-state index is 16.8. The molecule has 52 heavy (non-hydrogen) atoms. The molecule has 0 spiro atoms. The van der Waals surface area contributed by atoms with Crippen molar-refractivity contribution in [3.63, 3.8) is 0 Å². The van der Waals surface area contributed by atoms with Crippen molar-refractivity contribution in [2.45, 2.75) is 76.0 Å². The first kappa shape index (κ1) is 34.7. The van der Waals surface area contributed by atoms with Crippen LogP contribution < -0.4 is 9.64 Å². The van der Waals surface area contributed by atoms with Crippen molar-refractivity contribution >= 4 is 40.3 Å². The number of amides is 1. The van der Waals surface area contributed by atoms with E-state index in [9.17, 15) is 9.18 Å². The van der Waals surface area contributed by atoms with Gasteiger partial charge in [-0.05, 0) is 76.1 Å². The normalized spacial score (nSPS) is 23.4. The number of aryl methyl sites for hydroxylation is 2. The number of likely N-dealkylation sites (tertiary alicyclic amines) is 1. The van der Waals surface area contributed by atoms with Crippen LogP contribution in [0, 0.1) is 19.7 Å². The van der Waals surface area contributed by atoms with E-state index in [-0.39, 0.29) is 42.3 Å². The lowest BCUT2D eigenvalue weighted by Gasteiger charge is -2.31. The zero-order valence-corrected chi connectivity index (χ0v) is 30.1. The Hall–Kier alpha value is -4.36. The van der Waals surface area contributed by atoms with Gasteiger partial charge in [0.15, 0.2) is 11.6 Å². The number of fused-ring (bicyclic) bond motifs is 2. The summed E-state index contributed by atoms with van der Waals surface area (Å²) in [4.78, 5) is 41.1. The lowest BCUT2D eigenvalue weighted by Crippen LogP contribution is -2.43. The van der Waals surface area contributed by atoms with Gasteiger partial charge in [0.05, 0.1) is 16.6 Å². The van der Waals surface area contributed by atoms with Gasteiger partial charge in [-0.1, -0.05) is 23.7 Å². The fourth-order valence-corrected chi connectivity index (χ4v) is 8.63. The molecule has 10 nitrogen and oxygen atoms in total. The highest BCUT2D eigenvalue weighted by Crippen LogP contribution is 2.48. The zero-order chi connectivity index (χ0) is 36.3. The summed E-state index contributed by atoms with van der Waals surface area (Å²) in [6.45, 7) is 5.34. The molecule has 3 aliphatic heterocycles. The van der Waals surface area contributed by atoms with Crippen molar-refractivity contribution in [2.75, 3.05) is 44.7 Å². The van der Waals surface area contributed by atoms with E-state index in [2.05, 4.69) is 24.8 Å². The first-order valence-electron chi connectivity index (χ1n) is 17.9. The Morgan fingerprint density at radius 3 is 2.75 bits per heavy atom. The summed E-state index contributed by atoms with van der Waals surface area (Å²) in [6, 6.07) is 6.73. The number of carbonyl (C=O) groups is 1. The predicted molar refractivity (Wildman–Crippen MR) is 192 cm³/mol. The third kappa shape index (κ3) is 6.46. The summed E-state index contributed by atoms with van der Waals surface area (Å²) in [7, 11) is 1.80. The highest BCUT2D eigenvalue weighted by atomic mass is 35.5. The molecule has 1 saturated carbocycles. The fourth-order valence-electron chi connectivity index (χ4n) is 8.30. The van der Waals surface area contributed by atoms with Gasteiger partial charge in [-0.3, -0.25) is 14.7 Å². The van der Waals surface area contributed by atoms with Crippen LogP contribution in [0.3, 0.4) is 0 Å². The summed E-state index contributed by atoms with van der Waals surface area (Å²) in [6.07, 6.45) is 6.32. The number of likely N-dealkylation sites (N-methyl/N-ethyl adjacent to an activating group) is 1. The lowest BCUT2D eigenvalue weighted by molar-refractivity contribution is -0.127. The minimum absolute atomic E-state index is 0.0298. The Labute approximate surface area is 305 Å². The Bertz CT molecular complexity index is 2080. The Kier molecular flexibility index (Phi) is 9.05. The van der Waals surface area contributed by atoms with Crippen LogP contribution in [0.5, 0.6) is 6.01 Å². The molecule has 4 fully saturated rings. The second kappa shape index (κ2) is 13.6. The van der Waals surface area contributed by atoms with Crippen LogP contribution in [-0.4, -0.2) is 98.2 Å². The predicted octanol–water partition coefficient (Wildman–Crippen LogP) is 6.77. The summed E-state index contributed by atoms with van der Waals surface area (Å²) >= 11 is 6.62. The van der Waals surface area contributed by atoms with Gasteiger partial charge in [-0.2, -0.15) is 9.97 Å². The molecule has 4 aromatic rings. The van der Waals surface area contributed by atoms with Gasteiger partial charge in [0.2, 0.25) is 0 Å².